The zero-order valence-electron chi connectivity index (χ0n) is 9.77. The lowest BCUT2D eigenvalue weighted by molar-refractivity contribution is -0.137. The van der Waals surface area contributed by atoms with Gasteiger partial charge in [-0.15, -0.1) is 0 Å². The van der Waals surface area contributed by atoms with Gasteiger partial charge < -0.3 is 4.57 Å². The molecule has 1 heterocycles. The van der Waals surface area contributed by atoms with Crippen LogP contribution in [-0.2, 0) is 13.2 Å². The lowest BCUT2D eigenvalue weighted by Gasteiger charge is -2.09. The topological polar surface area (TPSA) is 41.6 Å². The zero-order valence-corrected chi connectivity index (χ0v) is 10.6. The number of nitrogens with zero attached hydrogens (tertiary/aromatic N) is 3. The third-order valence-corrected chi connectivity index (χ3v) is 3.56. The molecule has 0 bridgehead atoms. The molecule has 0 saturated carbocycles. The molecule has 19 heavy (non-hydrogen) atoms. The van der Waals surface area contributed by atoms with Gasteiger partial charge in [-0.2, -0.15) is 18.4 Å². The number of aromatic nitrogens is 2. The number of imidazole rings is 1. The number of alkyl halides is 3. The van der Waals surface area contributed by atoms with E-state index >= 15 is 0 Å². The van der Waals surface area contributed by atoms with E-state index in [-0.39, 0.29) is 5.56 Å². The standard InChI is InChI=1S/C12H8F3N3S/c1-18-5-4-17-11(18)19-10-3-2-9(12(13,14)15)6-8(10)7-16/h2-6H,1H3. The summed E-state index contributed by atoms with van der Waals surface area (Å²) in [7, 11) is 1.77. The number of aryl methyl sites for hydroxylation is 1. The molecule has 0 amide bonds. The normalized spacial score (nSPS) is 11.3. The van der Waals surface area contributed by atoms with E-state index in [2.05, 4.69) is 4.98 Å². The molecule has 3 nitrogen and oxygen atoms in total. The maximum atomic E-state index is 12.5. The molecular weight excluding hydrogens is 275 g/mol. The van der Waals surface area contributed by atoms with Crippen molar-refractivity contribution in [2.45, 2.75) is 16.2 Å². The van der Waals surface area contributed by atoms with Gasteiger partial charge in [0.05, 0.1) is 11.1 Å². The van der Waals surface area contributed by atoms with Gasteiger partial charge in [0.2, 0.25) is 0 Å². The van der Waals surface area contributed by atoms with Gasteiger partial charge in [0.15, 0.2) is 5.16 Å². The van der Waals surface area contributed by atoms with Gasteiger partial charge in [-0.3, -0.25) is 0 Å². The smallest absolute Gasteiger partial charge is 0.329 e. The minimum absolute atomic E-state index is 0.0113. The van der Waals surface area contributed by atoms with Crippen LogP contribution in [0.25, 0.3) is 0 Å². The van der Waals surface area contributed by atoms with Crippen molar-refractivity contribution in [1.29, 1.82) is 5.26 Å². The van der Waals surface area contributed by atoms with Gasteiger partial charge in [0, 0.05) is 24.3 Å². The highest BCUT2D eigenvalue weighted by molar-refractivity contribution is 7.99. The van der Waals surface area contributed by atoms with E-state index in [1.54, 1.807) is 30.1 Å². The third-order valence-electron chi connectivity index (χ3n) is 2.41. The van der Waals surface area contributed by atoms with Crippen LogP contribution in [0.15, 0.2) is 40.6 Å². The number of nitriles is 1. The van der Waals surface area contributed by atoms with Crippen molar-refractivity contribution < 1.29 is 13.2 Å². The lowest BCUT2D eigenvalue weighted by Crippen LogP contribution is -2.05. The van der Waals surface area contributed by atoms with E-state index < -0.39 is 11.7 Å². The van der Waals surface area contributed by atoms with Gasteiger partial charge in [0.1, 0.15) is 6.07 Å². The Hall–Kier alpha value is -1.94. The Morgan fingerprint density at radius 2 is 2.11 bits per heavy atom. The Morgan fingerprint density at radius 1 is 1.37 bits per heavy atom. The van der Waals surface area contributed by atoms with Gasteiger partial charge in [-0.05, 0) is 18.2 Å². The molecule has 0 saturated heterocycles. The van der Waals surface area contributed by atoms with Crippen molar-refractivity contribution in [3.05, 3.63) is 41.7 Å². The molecule has 0 atom stereocenters. The minimum Gasteiger partial charge on any atom is -0.329 e. The Morgan fingerprint density at radius 3 is 2.63 bits per heavy atom. The zero-order chi connectivity index (χ0) is 14.0. The second kappa shape index (κ2) is 4.97. The minimum atomic E-state index is -4.45. The molecule has 0 unspecified atom stereocenters. The highest BCUT2D eigenvalue weighted by Gasteiger charge is 2.31. The molecule has 0 aliphatic rings. The molecule has 0 spiro atoms. The van der Waals surface area contributed by atoms with Crippen LogP contribution in [0.1, 0.15) is 11.1 Å². The van der Waals surface area contributed by atoms with Crippen LogP contribution < -0.4 is 0 Å². The molecule has 1 aromatic carbocycles. The number of benzene rings is 1. The summed E-state index contributed by atoms with van der Waals surface area (Å²) in [5.41, 5.74) is -0.837. The largest absolute Gasteiger partial charge is 0.416 e. The van der Waals surface area contributed by atoms with Crippen molar-refractivity contribution in [2.24, 2.45) is 7.05 Å². The number of halogens is 3. The maximum absolute atomic E-state index is 12.5. The predicted molar refractivity (Wildman–Crippen MR) is 63.5 cm³/mol. The first-order chi connectivity index (χ1) is 8.91. The van der Waals surface area contributed by atoms with Crippen molar-refractivity contribution in [3.63, 3.8) is 0 Å². The first-order valence-electron chi connectivity index (χ1n) is 5.18. The highest BCUT2D eigenvalue weighted by atomic mass is 32.2. The average Bonchev–Trinajstić information content (AvgIpc) is 2.74. The fourth-order valence-corrected chi connectivity index (χ4v) is 2.30. The average molecular weight is 283 g/mol. The van der Waals surface area contributed by atoms with Gasteiger partial charge in [-0.25, -0.2) is 4.98 Å². The summed E-state index contributed by atoms with van der Waals surface area (Å²) in [6.45, 7) is 0. The molecular formula is C12H8F3N3S. The molecule has 0 radical (unpaired) electrons. The molecule has 0 fully saturated rings. The SMILES string of the molecule is Cn1ccnc1Sc1ccc(C(F)(F)F)cc1C#N. The summed E-state index contributed by atoms with van der Waals surface area (Å²) in [6.07, 6.45) is -1.14. The van der Waals surface area contributed by atoms with Crippen LogP contribution in [0.2, 0.25) is 0 Å². The molecule has 2 aromatic rings. The second-order valence-electron chi connectivity index (χ2n) is 3.74. The van der Waals surface area contributed by atoms with Crippen molar-refractivity contribution >= 4 is 11.8 Å². The fourth-order valence-electron chi connectivity index (χ4n) is 1.43. The molecule has 98 valence electrons. The summed E-state index contributed by atoms with van der Waals surface area (Å²) < 4.78 is 39.4. The van der Waals surface area contributed by atoms with Crippen LogP contribution in [0.4, 0.5) is 13.2 Å². The summed E-state index contributed by atoms with van der Waals surface area (Å²) >= 11 is 1.15. The van der Waals surface area contributed by atoms with Crippen molar-refractivity contribution in [1.82, 2.24) is 9.55 Å². The van der Waals surface area contributed by atoms with Crippen molar-refractivity contribution in [3.8, 4) is 6.07 Å². The molecule has 0 N–H and O–H groups in total. The van der Waals surface area contributed by atoms with Crippen LogP contribution in [-0.4, -0.2) is 9.55 Å². The first kappa shape index (κ1) is 13.5. The van der Waals surface area contributed by atoms with Crippen LogP contribution in [0, 0.1) is 11.3 Å². The Labute approximate surface area is 111 Å². The Balaban J connectivity index is 2.38. The van der Waals surface area contributed by atoms with Gasteiger partial charge in [-0.1, -0.05) is 11.8 Å². The third kappa shape index (κ3) is 2.90. The van der Waals surface area contributed by atoms with E-state index in [9.17, 15) is 13.2 Å². The fraction of sp³-hybridized carbons (Fsp3) is 0.167. The molecule has 2 rings (SSSR count). The van der Waals surface area contributed by atoms with E-state index in [0.717, 1.165) is 23.9 Å². The van der Waals surface area contributed by atoms with Gasteiger partial charge in [0.25, 0.3) is 0 Å². The molecule has 0 aliphatic carbocycles. The number of rotatable bonds is 2. The first-order valence-corrected chi connectivity index (χ1v) is 6.00. The summed E-state index contributed by atoms with van der Waals surface area (Å²) in [4.78, 5) is 4.50. The molecule has 1 aromatic heterocycles. The van der Waals surface area contributed by atoms with Crippen LogP contribution >= 0.6 is 11.8 Å². The summed E-state index contributed by atoms with van der Waals surface area (Å²) in [5, 5.41) is 9.56. The lowest BCUT2D eigenvalue weighted by atomic mass is 10.1. The van der Waals surface area contributed by atoms with E-state index in [0.29, 0.717) is 10.1 Å². The number of hydrogen-bond acceptors (Lipinski definition) is 3. The Bertz CT molecular complexity index is 640. The predicted octanol–water partition coefficient (Wildman–Crippen LogP) is 3.46. The van der Waals surface area contributed by atoms with Crippen LogP contribution in [0.5, 0.6) is 0 Å². The van der Waals surface area contributed by atoms with E-state index in [1.165, 1.54) is 6.07 Å². The monoisotopic (exact) mass is 283 g/mol. The molecule has 7 heteroatoms. The van der Waals surface area contributed by atoms with E-state index in [1.807, 2.05) is 0 Å². The molecule has 0 aliphatic heterocycles. The summed E-state index contributed by atoms with van der Waals surface area (Å²) in [5.74, 6) is 0. The van der Waals surface area contributed by atoms with Crippen LogP contribution in [0.3, 0.4) is 0 Å². The van der Waals surface area contributed by atoms with Crippen molar-refractivity contribution in [2.75, 3.05) is 0 Å². The van der Waals surface area contributed by atoms with Gasteiger partial charge >= 0.3 is 6.18 Å². The Kier molecular flexibility index (Phi) is 3.53. The highest BCUT2D eigenvalue weighted by Crippen LogP contribution is 2.34. The summed E-state index contributed by atoms with van der Waals surface area (Å²) in [6, 6.07) is 4.89. The second-order valence-corrected chi connectivity index (χ2v) is 4.75. The van der Waals surface area contributed by atoms with E-state index in [4.69, 9.17) is 5.26 Å². The number of hydrogen-bond donors (Lipinski definition) is 0. The maximum Gasteiger partial charge on any atom is 0.416 e. The quantitative estimate of drug-likeness (QED) is 0.847.